The molecule has 19 atom stereocenters. The Morgan fingerprint density at radius 3 is 1.88 bits per heavy atom. The lowest BCUT2D eigenvalue weighted by Gasteiger charge is -2.47. The molecule has 4 saturated heterocycles. The van der Waals surface area contributed by atoms with Crippen molar-refractivity contribution >= 4 is 11.9 Å². The number of nitrogens with zero attached hydrogens (tertiary/aromatic N) is 3. The van der Waals surface area contributed by atoms with E-state index in [9.17, 15) is 40.7 Å². The first-order chi connectivity index (χ1) is 35.5. The number of carbonyl (C=O) groups excluding carboxylic acids is 2. The van der Waals surface area contributed by atoms with E-state index in [1.807, 2.05) is 68.5 Å². The second-order valence-electron chi connectivity index (χ2n) is 21.2. The second-order valence-corrected chi connectivity index (χ2v) is 21.2. The summed E-state index contributed by atoms with van der Waals surface area (Å²) in [6.45, 7) is 14.3. The predicted molar refractivity (Wildman–Crippen MR) is 275 cm³/mol. The maximum absolute atomic E-state index is 13.4. The van der Waals surface area contributed by atoms with Crippen LogP contribution < -0.4 is 0 Å². The average Bonchev–Trinajstić information content (AvgIpc) is 3.63. The third kappa shape index (κ3) is 18.3. The first-order valence-electron chi connectivity index (χ1n) is 26.1. The van der Waals surface area contributed by atoms with E-state index in [0.717, 1.165) is 0 Å². The van der Waals surface area contributed by atoms with Crippen LogP contribution in [0.3, 0.4) is 0 Å². The van der Waals surface area contributed by atoms with Crippen LogP contribution in [0, 0.1) is 17.8 Å². The van der Waals surface area contributed by atoms with E-state index in [0.29, 0.717) is 19.3 Å². The van der Waals surface area contributed by atoms with Crippen LogP contribution >= 0.6 is 0 Å². The summed E-state index contributed by atoms with van der Waals surface area (Å²) in [5.74, 6) is -6.68. The van der Waals surface area contributed by atoms with E-state index >= 15 is 0 Å². The lowest BCUT2D eigenvalue weighted by molar-refractivity contribution is -0.317. The van der Waals surface area contributed by atoms with Crippen molar-refractivity contribution < 1.29 is 82.5 Å². The Balaban J connectivity index is 1.43. The van der Waals surface area contributed by atoms with E-state index in [1.165, 1.54) is 14.2 Å². The van der Waals surface area contributed by atoms with Gasteiger partial charge < -0.3 is 72.9 Å². The molecule has 0 unspecified atom stereocenters. The summed E-state index contributed by atoms with van der Waals surface area (Å²) in [5, 5.41) is 60.3. The summed E-state index contributed by atoms with van der Waals surface area (Å²) in [7, 11) is 2.57. The Morgan fingerprint density at radius 1 is 0.680 bits per heavy atom. The molecule has 5 N–H and O–H groups in total. The number of fused-ring (bicyclic) bond motifs is 5. The fourth-order valence-corrected chi connectivity index (χ4v) is 10.4. The smallest absolute Gasteiger partial charge is 0.313 e. The summed E-state index contributed by atoms with van der Waals surface area (Å²) in [6.07, 6.45) is 13.0. The molecule has 0 aliphatic carbocycles. The van der Waals surface area contributed by atoms with Crippen LogP contribution in [0.1, 0.15) is 107 Å². The van der Waals surface area contributed by atoms with Gasteiger partial charge in [0.1, 0.15) is 18.1 Å². The fraction of sp³-hybridized carbons (Fsp3) is 0.709. The maximum atomic E-state index is 13.4. The van der Waals surface area contributed by atoms with Crippen LogP contribution in [0.4, 0.5) is 0 Å². The van der Waals surface area contributed by atoms with Crippen LogP contribution in [0.5, 0.6) is 0 Å². The molecular weight excluding hydrogens is 975 g/mol. The molecule has 0 spiro atoms. The summed E-state index contributed by atoms with van der Waals surface area (Å²) in [4.78, 5) is 29.6. The van der Waals surface area contributed by atoms with Gasteiger partial charge in [0.2, 0.25) is 0 Å². The van der Waals surface area contributed by atoms with Gasteiger partial charge in [0, 0.05) is 56.0 Å². The average molecular weight is 1060 g/mol. The number of carbonyl (C=O) groups is 2. The molecule has 420 valence electrons. The Labute approximate surface area is 441 Å². The molecule has 5 aliphatic heterocycles. The number of methoxy groups -OCH3 is 2. The molecule has 5 heterocycles. The number of hydrogen-bond acceptors (Lipinski definition) is 18. The number of rotatable bonds is 5. The van der Waals surface area contributed by atoms with Gasteiger partial charge in [-0.2, -0.15) is 0 Å². The quantitative estimate of drug-likeness (QED) is 0.0862. The number of cyclic esters (lactones) is 1. The molecule has 4 fully saturated rings. The molecule has 0 saturated carbocycles. The van der Waals surface area contributed by atoms with Crippen LogP contribution in [-0.4, -0.2) is 161 Å². The van der Waals surface area contributed by atoms with Gasteiger partial charge in [-0.05, 0) is 59.9 Å². The van der Waals surface area contributed by atoms with E-state index in [2.05, 4.69) is 10.0 Å². The summed E-state index contributed by atoms with van der Waals surface area (Å²) < 4.78 is 61.2. The van der Waals surface area contributed by atoms with Crippen molar-refractivity contribution in [1.82, 2.24) is 0 Å². The molecule has 0 amide bonds. The zero-order chi connectivity index (χ0) is 55.1. The highest BCUT2D eigenvalue weighted by Gasteiger charge is 2.53. The van der Waals surface area contributed by atoms with Gasteiger partial charge >= 0.3 is 11.9 Å². The SMILES string of the molecule is COC(=O)[C@H]1[C@@H]2C[C@@H](O[C@@H]3O[C@H](C)[C@@H](O)[C@H](N=[N+]=[N-])[C@@H]3O)/C=C/C=C/C=C/C=C/C=C/C=C/C=C/[C@H](C)[C@@H](O)[C@@H](C)[C@H](C)OC(=O)C[C@H]3C[C@@H](CC[C@H]4OC(C)(C)O[C@@H]4C[C@H](O)C[C@](OC)(C[C@@H]1O)O2)OC(C)(C)O3. The third-order valence-electron chi connectivity index (χ3n) is 14.3. The maximum Gasteiger partial charge on any atom is 0.313 e. The lowest BCUT2D eigenvalue weighted by atomic mass is 9.82. The first kappa shape index (κ1) is 61.8. The molecule has 0 radical (unpaired) electrons. The number of aliphatic hydroxyl groups is 5. The topological polar surface area (TPSA) is 276 Å². The van der Waals surface area contributed by atoms with Crippen molar-refractivity contribution in [2.24, 2.45) is 22.9 Å². The monoisotopic (exact) mass is 1060 g/mol. The molecule has 0 aromatic carbocycles. The van der Waals surface area contributed by atoms with Gasteiger partial charge in [0.25, 0.3) is 0 Å². The lowest BCUT2D eigenvalue weighted by Crippen LogP contribution is -2.58. The van der Waals surface area contributed by atoms with Crippen LogP contribution in [0.2, 0.25) is 0 Å². The Morgan fingerprint density at radius 2 is 1.27 bits per heavy atom. The summed E-state index contributed by atoms with van der Waals surface area (Å²) >= 11 is 0. The minimum atomic E-state index is -1.64. The highest BCUT2D eigenvalue weighted by atomic mass is 16.8. The molecule has 5 aliphatic rings. The molecular formula is C55H83N3O17. The number of aliphatic hydroxyl groups excluding tert-OH is 5. The number of ether oxygens (including phenoxy) is 10. The van der Waals surface area contributed by atoms with Gasteiger partial charge in [-0.25, -0.2) is 0 Å². The molecule has 20 heteroatoms. The number of azide groups is 1. The van der Waals surface area contributed by atoms with Crippen molar-refractivity contribution in [2.45, 2.75) is 216 Å². The van der Waals surface area contributed by atoms with Gasteiger partial charge in [0.15, 0.2) is 23.7 Å². The third-order valence-corrected chi connectivity index (χ3v) is 14.3. The standard InChI is InChI=1S/C55H83N3O17/c1-33-23-21-19-17-15-13-11-12-14-16-18-20-22-24-38(70-52-50(64)47(57-58-56)49(63)36(4)69-52)29-44-46(51(65)66-9)41(60)32-55(67-10,75-44)31-37(59)27-43-42(73-54(7,8)74-43)26-25-39-28-40(72-53(5,6)71-39)30-45(61)68-35(3)34(2)48(33)62/h11-24,33-44,46-50,52,59-60,62-64H,25-32H2,1-10H3/b12-11+,15-13+,16-14+,19-17+,20-18+,23-21+,24-22+/t33-,34-,35-,36+,37-,38-,39+,40+,41-,42+,43+,44-,46+,47-,48+,49+,50-,52-,55+/m0/s1. The minimum Gasteiger partial charge on any atom is -0.469 e. The molecule has 75 heavy (non-hydrogen) atoms. The Kier molecular flexibility index (Phi) is 23.5. The van der Waals surface area contributed by atoms with E-state index < -0.39 is 121 Å². The first-order valence-corrected chi connectivity index (χ1v) is 26.1. The zero-order valence-electron chi connectivity index (χ0n) is 45.1. The Bertz CT molecular complexity index is 2100. The second kappa shape index (κ2) is 28.5. The largest absolute Gasteiger partial charge is 0.469 e. The highest BCUT2D eigenvalue weighted by molar-refractivity contribution is 5.74. The van der Waals surface area contributed by atoms with Crippen molar-refractivity contribution in [3.63, 3.8) is 0 Å². The van der Waals surface area contributed by atoms with Crippen LogP contribution in [0.15, 0.2) is 90.2 Å². The van der Waals surface area contributed by atoms with Crippen molar-refractivity contribution in [3.8, 4) is 0 Å². The van der Waals surface area contributed by atoms with Gasteiger partial charge in [0.05, 0.1) is 86.7 Å². The van der Waals surface area contributed by atoms with Gasteiger partial charge in [-0.3, -0.25) is 9.59 Å². The predicted octanol–water partition coefficient (Wildman–Crippen LogP) is 6.40. The summed E-state index contributed by atoms with van der Waals surface area (Å²) in [5.41, 5.74) is 9.22. The van der Waals surface area contributed by atoms with E-state index in [4.69, 9.17) is 47.4 Å². The van der Waals surface area contributed by atoms with E-state index in [-0.39, 0.29) is 50.0 Å². The van der Waals surface area contributed by atoms with Crippen molar-refractivity contribution in [2.75, 3.05) is 14.2 Å². The zero-order valence-corrected chi connectivity index (χ0v) is 45.1. The number of allylic oxidation sites excluding steroid dienone is 12. The van der Waals surface area contributed by atoms with Crippen molar-refractivity contribution in [3.05, 3.63) is 95.5 Å². The molecule has 0 aromatic rings. The summed E-state index contributed by atoms with van der Waals surface area (Å²) in [6, 6.07) is -1.31. The van der Waals surface area contributed by atoms with Crippen LogP contribution in [-0.2, 0) is 57.0 Å². The van der Waals surface area contributed by atoms with Crippen LogP contribution in [0.25, 0.3) is 10.4 Å². The fourth-order valence-electron chi connectivity index (χ4n) is 10.4. The number of hydrogen-bond donors (Lipinski definition) is 5. The molecule has 0 aromatic heterocycles. The minimum absolute atomic E-state index is 0.0110. The Hall–Kier alpha value is -4.09. The van der Waals surface area contributed by atoms with Crippen molar-refractivity contribution in [1.29, 1.82) is 0 Å². The normalized spacial score (nSPS) is 43.7. The van der Waals surface area contributed by atoms with E-state index in [1.54, 1.807) is 71.9 Å². The molecule has 20 nitrogen and oxygen atoms in total. The van der Waals surface area contributed by atoms with Gasteiger partial charge in [-0.15, -0.1) is 0 Å². The van der Waals surface area contributed by atoms with Gasteiger partial charge in [-0.1, -0.05) is 104 Å². The highest BCUT2D eigenvalue weighted by Crippen LogP contribution is 2.42. The molecule has 4 bridgehead atoms. The molecule has 5 rings (SSSR count). The number of esters is 2.